The number of unbranched alkanes of at least 4 members (excludes halogenated alkanes) is 1. The van der Waals surface area contributed by atoms with E-state index in [0.717, 1.165) is 39.1 Å². The first-order valence-electron chi connectivity index (χ1n) is 4.72. The summed E-state index contributed by atoms with van der Waals surface area (Å²) in [5.74, 6) is 0. The van der Waals surface area contributed by atoms with Crippen molar-refractivity contribution in [2.24, 2.45) is 0 Å². The van der Waals surface area contributed by atoms with E-state index in [-0.39, 0.29) is 6.10 Å². The number of β-amino-alcohol motifs (C(OH)–C–C–N with tert-alkyl or cyclic N) is 1. The van der Waals surface area contributed by atoms with Gasteiger partial charge in [-0.2, -0.15) is 0 Å². The van der Waals surface area contributed by atoms with Crippen LogP contribution in [0.15, 0.2) is 0 Å². The van der Waals surface area contributed by atoms with Crippen LogP contribution < -0.4 is 0 Å². The van der Waals surface area contributed by atoms with Crippen molar-refractivity contribution in [3.05, 3.63) is 0 Å². The van der Waals surface area contributed by atoms with Crippen molar-refractivity contribution in [3.63, 3.8) is 0 Å². The van der Waals surface area contributed by atoms with Crippen molar-refractivity contribution in [2.75, 3.05) is 33.4 Å². The maximum absolute atomic E-state index is 9.24. The lowest BCUT2D eigenvalue weighted by molar-refractivity contribution is 0.169. The van der Waals surface area contributed by atoms with Crippen LogP contribution in [0.2, 0.25) is 0 Å². The Morgan fingerprint density at radius 2 is 2.33 bits per heavy atom. The fraction of sp³-hybridized carbons (Fsp3) is 1.00. The van der Waals surface area contributed by atoms with Gasteiger partial charge in [-0.15, -0.1) is 0 Å². The Bertz CT molecular complexity index is 119. The fourth-order valence-corrected chi connectivity index (χ4v) is 1.60. The molecular formula is C9H19NO2. The zero-order valence-corrected chi connectivity index (χ0v) is 7.83. The molecule has 1 atom stereocenters. The molecule has 0 aromatic rings. The van der Waals surface area contributed by atoms with Crippen LogP contribution in [0, 0.1) is 0 Å². The molecule has 3 heteroatoms. The summed E-state index contributed by atoms with van der Waals surface area (Å²) in [6, 6.07) is 0. The summed E-state index contributed by atoms with van der Waals surface area (Å²) < 4.78 is 4.96. The molecule has 1 unspecified atom stereocenters. The number of likely N-dealkylation sites (tertiary alicyclic amines) is 1. The second-order valence-corrected chi connectivity index (χ2v) is 3.44. The monoisotopic (exact) mass is 173 g/mol. The van der Waals surface area contributed by atoms with E-state index in [2.05, 4.69) is 4.90 Å². The molecule has 0 radical (unpaired) electrons. The first kappa shape index (κ1) is 9.96. The van der Waals surface area contributed by atoms with Crippen LogP contribution in [0.4, 0.5) is 0 Å². The maximum atomic E-state index is 9.24. The van der Waals surface area contributed by atoms with E-state index in [1.807, 2.05) is 0 Å². The molecule has 3 nitrogen and oxygen atoms in total. The van der Waals surface area contributed by atoms with E-state index < -0.39 is 0 Å². The average Bonchev–Trinajstić information content (AvgIpc) is 2.45. The number of ether oxygens (including phenoxy) is 1. The summed E-state index contributed by atoms with van der Waals surface area (Å²) in [5, 5.41) is 9.24. The van der Waals surface area contributed by atoms with E-state index in [9.17, 15) is 5.11 Å². The molecule has 1 aliphatic rings. The quantitative estimate of drug-likeness (QED) is 0.614. The number of rotatable bonds is 5. The van der Waals surface area contributed by atoms with E-state index in [0.29, 0.717) is 0 Å². The third kappa shape index (κ3) is 3.52. The van der Waals surface area contributed by atoms with Crippen molar-refractivity contribution in [1.29, 1.82) is 0 Å². The van der Waals surface area contributed by atoms with Gasteiger partial charge in [0.2, 0.25) is 0 Å². The van der Waals surface area contributed by atoms with Gasteiger partial charge in [-0.1, -0.05) is 0 Å². The molecule has 0 amide bonds. The van der Waals surface area contributed by atoms with Crippen LogP contribution in [-0.2, 0) is 4.74 Å². The minimum atomic E-state index is -0.0765. The van der Waals surface area contributed by atoms with Crippen LogP contribution in [0.5, 0.6) is 0 Å². The standard InChI is InChI=1S/C9H19NO2/c1-12-7-3-2-5-10-6-4-9(11)8-10/h9,11H,2-8H2,1H3. The highest BCUT2D eigenvalue weighted by Gasteiger charge is 2.18. The van der Waals surface area contributed by atoms with Gasteiger partial charge in [0.05, 0.1) is 6.10 Å². The fourth-order valence-electron chi connectivity index (χ4n) is 1.60. The summed E-state index contributed by atoms with van der Waals surface area (Å²) in [6.45, 7) is 3.90. The Hall–Kier alpha value is -0.120. The van der Waals surface area contributed by atoms with Gasteiger partial charge in [-0.05, 0) is 25.8 Å². The summed E-state index contributed by atoms with van der Waals surface area (Å²) >= 11 is 0. The highest BCUT2D eigenvalue weighted by molar-refractivity contribution is 4.73. The number of nitrogens with zero attached hydrogens (tertiary/aromatic N) is 1. The Morgan fingerprint density at radius 3 is 2.92 bits per heavy atom. The van der Waals surface area contributed by atoms with Crippen LogP contribution in [-0.4, -0.2) is 49.5 Å². The highest BCUT2D eigenvalue weighted by Crippen LogP contribution is 2.09. The normalized spacial score (nSPS) is 25.0. The van der Waals surface area contributed by atoms with Gasteiger partial charge in [0.25, 0.3) is 0 Å². The summed E-state index contributed by atoms with van der Waals surface area (Å²) in [6.07, 6.45) is 3.18. The van der Waals surface area contributed by atoms with E-state index in [4.69, 9.17) is 4.74 Å². The zero-order valence-electron chi connectivity index (χ0n) is 7.83. The van der Waals surface area contributed by atoms with Crippen LogP contribution in [0.3, 0.4) is 0 Å². The number of methoxy groups -OCH3 is 1. The van der Waals surface area contributed by atoms with Gasteiger partial charge in [-0.3, -0.25) is 0 Å². The van der Waals surface area contributed by atoms with Gasteiger partial charge in [-0.25, -0.2) is 0 Å². The number of aliphatic hydroxyl groups is 1. The highest BCUT2D eigenvalue weighted by atomic mass is 16.5. The van der Waals surface area contributed by atoms with E-state index >= 15 is 0 Å². The number of hydrogen-bond acceptors (Lipinski definition) is 3. The molecule has 1 fully saturated rings. The van der Waals surface area contributed by atoms with E-state index in [1.165, 1.54) is 6.42 Å². The zero-order chi connectivity index (χ0) is 8.81. The Morgan fingerprint density at radius 1 is 1.50 bits per heavy atom. The molecular weight excluding hydrogens is 154 g/mol. The predicted molar refractivity (Wildman–Crippen MR) is 48.2 cm³/mol. The minimum Gasteiger partial charge on any atom is -0.392 e. The molecule has 1 rings (SSSR count). The molecule has 1 heterocycles. The Balaban J connectivity index is 1.93. The molecule has 1 aliphatic heterocycles. The minimum absolute atomic E-state index is 0.0765. The summed E-state index contributed by atoms with van der Waals surface area (Å²) in [4.78, 5) is 2.32. The first-order chi connectivity index (χ1) is 5.83. The topological polar surface area (TPSA) is 32.7 Å². The summed E-state index contributed by atoms with van der Waals surface area (Å²) in [7, 11) is 1.74. The molecule has 0 bridgehead atoms. The third-order valence-electron chi connectivity index (χ3n) is 2.32. The second kappa shape index (κ2) is 5.51. The number of hydrogen-bond donors (Lipinski definition) is 1. The van der Waals surface area contributed by atoms with Gasteiger partial charge in [0, 0.05) is 26.8 Å². The lowest BCUT2D eigenvalue weighted by atomic mass is 10.3. The molecule has 1 saturated heterocycles. The molecule has 0 aromatic carbocycles. The van der Waals surface area contributed by atoms with Crippen LogP contribution in [0.25, 0.3) is 0 Å². The second-order valence-electron chi connectivity index (χ2n) is 3.44. The Kier molecular flexibility index (Phi) is 4.58. The van der Waals surface area contributed by atoms with Crippen molar-refractivity contribution in [1.82, 2.24) is 4.90 Å². The average molecular weight is 173 g/mol. The van der Waals surface area contributed by atoms with Gasteiger partial charge >= 0.3 is 0 Å². The third-order valence-corrected chi connectivity index (χ3v) is 2.32. The molecule has 72 valence electrons. The Labute approximate surface area is 74.3 Å². The maximum Gasteiger partial charge on any atom is 0.0679 e. The molecule has 0 saturated carbocycles. The smallest absolute Gasteiger partial charge is 0.0679 e. The lowest BCUT2D eigenvalue weighted by Crippen LogP contribution is -2.23. The first-order valence-corrected chi connectivity index (χ1v) is 4.72. The van der Waals surface area contributed by atoms with E-state index in [1.54, 1.807) is 7.11 Å². The molecule has 0 aliphatic carbocycles. The molecule has 0 aromatic heterocycles. The SMILES string of the molecule is COCCCCN1CCC(O)C1. The summed E-state index contributed by atoms with van der Waals surface area (Å²) in [5.41, 5.74) is 0. The molecule has 1 N–H and O–H groups in total. The van der Waals surface area contributed by atoms with Crippen molar-refractivity contribution >= 4 is 0 Å². The van der Waals surface area contributed by atoms with Gasteiger partial charge in [0.15, 0.2) is 0 Å². The van der Waals surface area contributed by atoms with Gasteiger partial charge in [0.1, 0.15) is 0 Å². The van der Waals surface area contributed by atoms with Crippen molar-refractivity contribution < 1.29 is 9.84 Å². The number of aliphatic hydroxyl groups excluding tert-OH is 1. The van der Waals surface area contributed by atoms with Crippen molar-refractivity contribution in [2.45, 2.75) is 25.4 Å². The largest absolute Gasteiger partial charge is 0.392 e. The molecule has 0 spiro atoms. The van der Waals surface area contributed by atoms with Crippen LogP contribution >= 0.6 is 0 Å². The molecule has 12 heavy (non-hydrogen) atoms. The van der Waals surface area contributed by atoms with Gasteiger partial charge < -0.3 is 14.7 Å². The lowest BCUT2D eigenvalue weighted by Gasteiger charge is -2.13. The van der Waals surface area contributed by atoms with Crippen LogP contribution in [0.1, 0.15) is 19.3 Å². The predicted octanol–water partition coefficient (Wildman–Crippen LogP) is 0.480. The van der Waals surface area contributed by atoms with Crippen molar-refractivity contribution in [3.8, 4) is 0 Å².